The van der Waals surface area contributed by atoms with E-state index in [0.717, 1.165) is 12.8 Å². The lowest BCUT2D eigenvalue weighted by Crippen LogP contribution is -2.44. The molecule has 144 valence electrons. The number of rotatable bonds is 3. The lowest BCUT2D eigenvalue weighted by atomic mass is 10.1. The van der Waals surface area contributed by atoms with Crippen molar-refractivity contribution in [2.24, 2.45) is 0 Å². The van der Waals surface area contributed by atoms with E-state index in [9.17, 15) is 14.4 Å². The maximum Gasteiger partial charge on any atom is 0.257 e. The maximum absolute atomic E-state index is 12.5. The first-order chi connectivity index (χ1) is 12.6. The number of carbonyl (C=O) groups excluding carboxylic acids is 2. The van der Waals surface area contributed by atoms with Gasteiger partial charge >= 0.3 is 0 Å². The lowest BCUT2D eigenvalue weighted by Gasteiger charge is -2.24. The van der Waals surface area contributed by atoms with Crippen molar-refractivity contribution in [3.63, 3.8) is 0 Å². The summed E-state index contributed by atoms with van der Waals surface area (Å²) in [6.45, 7) is 1.30. The van der Waals surface area contributed by atoms with Gasteiger partial charge < -0.3 is 20.5 Å². The van der Waals surface area contributed by atoms with Crippen LogP contribution in [0.25, 0.3) is 10.9 Å². The van der Waals surface area contributed by atoms with E-state index in [4.69, 9.17) is 0 Å². The van der Waals surface area contributed by atoms with E-state index in [1.165, 1.54) is 12.6 Å². The molecule has 2 aliphatic rings. The molecule has 2 atom stereocenters. The molecule has 3 heterocycles. The lowest BCUT2D eigenvalue weighted by molar-refractivity contribution is -0.130. The Kier molecular flexibility index (Phi) is 5.82. The number of nitrogens with one attached hydrogen (secondary N) is 3. The predicted molar refractivity (Wildman–Crippen MR) is 105 cm³/mol. The van der Waals surface area contributed by atoms with Crippen LogP contribution in [0.3, 0.4) is 0 Å². The average molecular weight is 391 g/mol. The van der Waals surface area contributed by atoms with Crippen LogP contribution in [0.15, 0.2) is 35.3 Å². The van der Waals surface area contributed by atoms with Gasteiger partial charge in [0.25, 0.3) is 5.91 Å². The third kappa shape index (κ3) is 3.99. The highest BCUT2D eigenvalue weighted by molar-refractivity contribution is 5.98. The Labute approximate surface area is 162 Å². The SMILES string of the molecule is Cl.O=C(NCC(=O)N1CCC2CCC(C1)N2)c1c[nH]c2ccccc2c1=O. The molecule has 2 aromatic rings. The second-order valence-electron chi connectivity index (χ2n) is 7.03. The van der Waals surface area contributed by atoms with Crippen LogP contribution in [0.4, 0.5) is 0 Å². The van der Waals surface area contributed by atoms with Crippen molar-refractivity contribution in [3.05, 3.63) is 46.2 Å². The summed E-state index contributed by atoms with van der Waals surface area (Å²) in [6.07, 6.45) is 4.61. The minimum atomic E-state index is -0.528. The molecule has 1 aromatic heterocycles. The number of likely N-dealkylation sites (tertiary alicyclic amines) is 1. The fourth-order valence-corrected chi connectivity index (χ4v) is 3.87. The Hall–Kier alpha value is -2.38. The molecule has 1 aromatic carbocycles. The summed E-state index contributed by atoms with van der Waals surface area (Å²) < 4.78 is 0. The van der Waals surface area contributed by atoms with Crippen LogP contribution in [0.2, 0.25) is 0 Å². The molecule has 2 saturated heterocycles. The van der Waals surface area contributed by atoms with Crippen LogP contribution in [-0.2, 0) is 4.79 Å². The van der Waals surface area contributed by atoms with Crippen LogP contribution in [-0.4, -0.2) is 53.4 Å². The van der Waals surface area contributed by atoms with Crippen molar-refractivity contribution in [2.75, 3.05) is 19.6 Å². The fourth-order valence-electron chi connectivity index (χ4n) is 3.87. The molecule has 2 fully saturated rings. The highest BCUT2D eigenvalue weighted by atomic mass is 35.5. The number of hydrogen-bond donors (Lipinski definition) is 3. The summed E-state index contributed by atoms with van der Waals surface area (Å²) in [5, 5.41) is 6.58. The number of benzene rings is 1. The smallest absolute Gasteiger partial charge is 0.257 e. The number of carbonyl (C=O) groups is 2. The molecule has 3 N–H and O–H groups in total. The molecule has 2 unspecified atom stereocenters. The second-order valence-corrected chi connectivity index (χ2v) is 7.03. The van der Waals surface area contributed by atoms with Gasteiger partial charge in [-0.15, -0.1) is 12.4 Å². The molecule has 0 radical (unpaired) electrons. The predicted octanol–water partition coefficient (Wildman–Crippen LogP) is 1.03. The first kappa shape index (κ1) is 19.4. The zero-order valence-corrected chi connectivity index (χ0v) is 15.7. The van der Waals surface area contributed by atoms with Crippen molar-refractivity contribution in [1.82, 2.24) is 20.5 Å². The number of amides is 2. The van der Waals surface area contributed by atoms with E-state index in [-0.39, 0.29) is 35.9 Å². The molecular formula is C19H23ClN4O3. The van der Waals surface area contributed by atoms with E-state index in [1.54, 1.807) is 18.2 Å². The van der Waals surface area contributed by atoms with E-state index in [2.05, 4.69) is 15.6 Å². The van der Waals surface area contributed by atoms with Crippen molar-refractivity contribution in [1.29, 1.82) is 0 Å². The molecule has 7 nitrogen and oxygen atoms in total. The molecule has 8 heteroatoms. The summed E-state index contributed by atoms with van der Waals surface area (Å²) in [6, 6.07) is 7.89. The molecule has 0 spiro atoms. The summed E-state index contributed by atoms with van der Waals surface area (Å²) >= 11 is 0. The van der Waals surface area contributed by atoms with Gasteiger partial charge in [-0.3, -0.25) is 14.4 Å². The summed E-state index contributed by atoms with van der Waals surface area (Å²) in [5.74, 6) is -0.635. The van der Waals surface area contributed by atoms with Gasteiger partial charge in [0.15, 0.2) is 0 Å². The van der Waals surface area contributed by atoms with E-state index >= 15 is 0 Å². The maximum atomic E-state index is 12.5. The molecule has 4 rings (SSSR count). The molecule has 2 aliphatic heterocycles. The van der Waals surface area contributed by atoms with Crippen LogP contribution >= 0.6 is 12.4 Å². The molecular weight excluding hydrogens is 368 g/mol. The summed E-state index contributed by atoms with van der Waals surface area (Å²) in [7, 11) is 0. The van der Waals surface area contributed by atoms with Gasteiger partial charge in [0.2, 0.25) is 11.3 Å². The fraction of sp³-hybridized carbons (Fsp3) is 0.421. The third-order valence-electron chi connectivity index (χ3n) is 5.31. The van der Waals surface area contributed by atoms with Crippen molar-refractivity contribution in [2.45, 2.75) is 31.3 Å². The highest BCUT2D eigenvalue weighted by Crippen LogP contribution is 2.20. The first-order valence-electron chi connectivity index (χ1n) is 9.04. The minimum Gasteiger partial charge on any atom is -0.360 e. The number of hydrogen-bond acceptors (Lipinski definition) is 4. The molecule has 27 heavy (non-hydrogen) atoms. The number of H-pyrrole nitrogens is 1. The van der Waals surface area contributed by atoms with Crippen LogP contribution in [0.5, 0.6) is 0 Å². The number of pyridine rings is 1. The molecule has 2 bridgehead atoms. The first-order valence-corrected chi connectivity index (χ1v) is 9.04. The van der Waals surface area contributed by atoms with E-state index in [0.29, 0.717) is 36.1 Å². The Balaban J connectivity index is 0.00000210. The van der Waals surface area contributed by atoms with Gasteiger partial charge in [-0.1, -0.05) is 12.1 Å². The Bertz CT molecular complexity index is 913. The second kappa shape index (κ2) is 8.10. The van der Waals surface area contributed by atoms with Gasteiger partial charge in [0.1, 0.15) is 5.56 Å². The van der Waals surface area contributed by atoms with Gasteiger partial charge in [-0.05, 0) is 31.4 Å². The van der Waals surface area contributed by atoms with E-state index in [1.807, 2.05) is 11.0 Å². The number of halogens is 1. The monoisotopic (exact) mass is 390 g/mol. The third-order valence-corrected chi connectivity index (χ3v) is 5.31. The van der Waals surface area contributed by atoms with Gasteiger partial charge in [-0.25, -0.2) is 0 Å². The normalized spacial score (nSPS) is 21.4. The molecule has 0 aliphatic carbocycles. The quantitative estimate of drug-likeness (QED) is 0.729. The largest absolute Gasteiger partial charge is 0.360 e. The van der Waals surface area contributed by atoms with Gasteiger partial charge in [0, 0.05) is 42.3 Å². The van der Waals surface area contributed by atoms with Crippen molar-refractivity contribution in [3.8, 4) is 0 Å². The zero-order valence-electron chi connectivity index (χ0n) is 14.9. The Morgan fingerprint density at radius 3 is 2.78 bits per heavy atom. The molecule has 0 saturated carbocycles. The number of para-hydroxylation sites is 1. The Morgan fingerprint density at radius 2 is 1.93 bits per heavy atom. The average Bonchev–Trinajstić information content (AvgIpc) is 2.98. The standard InChI is InChI=1S/C19H22N4O3.ClH/c24-17(23-8-7-12-5-6-13(11-23)22-12)10-21-19(26)15-9-20-16-4-2-1-3-14(16)18(15)25;/h1-4,9,12-13,22H,5-8,10-11H2,(H,20,25)(H,21,26);1H. The number of aromatic amines is 1. The highest BCUT2D eigenvalue weighted by Gasteiger charge is 2.31. The van der Waals surface area contributed by atoms with Crippen LogP contribution in [0.1, 0.15) is 29.6 Å². The number of aromatic nitrogens is 1. The van der Waals surface area contributed by atoms with E-state index < -0.39 is 5.91 Å². The number of nitrogens with zero attached hydrogens (tertiary/aromatic N) is 1. The zero-order chi connectivity index (χ0) is 18.1. The van der Waals surface area contributed by atoms with Gasteiger partial charge in [0.05, 0.1) is 6.54 Å². The van der Waals surface area contributed by atoms with Crippen LogP contribution < -0.4 is 16.1 Å². The van der Waals surface area contributed by atoms with Gasteiger partial charge in [-0.2, -0.15) is 0 Å². The van der Waals surface area contributed by atoms with Crippen molar-refractivity contribution >= 4 is 35.1 Å². The van der Waals surface area contributed by atoms with Crippen molar-refractivity contribution < 1.29 is 9.59 Å². The summed E-state index contributed by atoms with van der Waals surface area (Å²) in [5.41, 5.74) is 0.367. The topological polar surface area (TPSA) is 94.3 Å². The van der Waals surface area contributed by atoms with Crippen LogP contribution in [0, 0.1) is 0 Å². The Morgan fingerprint density at radius 1 is 1.15 bits per heavy atom. The minimum absolute atomic E-state index is 0. The summed E-state index contributed by atoms with van der Waals surface area (Å²) in [4.78, 5) is 42.1. The number of fused-ring (bicyclic) bond motifs is 3. The molecule has 2 amide bonds.